The average Bonchev–Trinajstić information content (AvgIpc) is 3.07. The molecule has 3 rings (SSSR count). The van der Waals surface area contributed by atoms with Gasteiger partial charge >= 0.3 is 0 Å². The zero-order chi connectivity index (χ0) is 17.4. The van der Waals surface area contributed by atoms with E-state index in [1.165, 1.54) is 4.88 Å². The third-order valence-electron chi connectivity index (χ3n) is 5.83. The number of amides is 1. The first-order valence-electron chi connectivity index (χ1n) is 8.83. The molecule has 2 fully saturated rings. The van der Waals surface area contributed by atoms with Crippen molar-refractivity contribution in [2.24, 2.45) is 11.1 Å². The van der Waals surface area contributed by atoms with Crippen LogP contribution in [0.4, 0.5) is 0 Å². The molecule has 2 aliphatic rings. The van der Waals surface area contributed by atoms with Gasteiger partial charge in [-0.15, -0.1) is 36.2 Å². The van der Waals surface area contributed by atoms with Crippen LogP contribution in [0.25, 0.3) is 0 Å². The monoisotopic (exact) mass is 423 g/mol. The number of thiophene rings is 1. The summed E-state index contributed by atoms with van der Waals surface area (Å²) in [5.41, 5.74) is 5.44. The van der Waals surface area contributed by atoms with E-state index < -0.39 is 5.54 Å². The van der Waals surface area contributed by atoms with Crippen molar-refractivity contribution in [2.75, 3.05) is 32.8 Å². The molecular weight excluding hydrogens is 393 g/mol. The highest BCUT2D eigenvalue weighted by Crippen LogP contribution is 2.50. The molecule has 0 radical (unpaired) electrons. The number of halogens is 2. The summed E-state index contributed by atoms with van der Waals surface area (Å²) >= 11 is 1.79. The Kier molecular flexibility index (Phi) is 8.39. The molecule has 5 nitrogen and oxygen atoms in total. The van der Waals surface area contributed by atoms with Gasteiger partial charge in [-0.25, -0.2) is 0 Å². The van der Waals surface area contributed by atoms with Crippen LogP contribution in [0, 0.1) is 5.41 Å². The largest absolute Gasteiger partial charge is 0.378 e. The van der Waals surface area contributed by atoms with Crippen molar-refractivity contribution in [3.8, 4) is 0 Å². The van der Waals surface area contributed by atoms with Gasteiger partial charge in [-0.2, -0.15) is 0 Å². The second kappa shape index (κ2) is 9.22. The van der Waals surface area contributed by atoms with Gasteiger partial charge in [0.25, 0.3) is 0 Å². The Morgan fingerprint density at radius 1 is 1.31 bits per heavy atom. The number of hydrogen-bond acceptors (Lipinski definition) is 5. The smallest absolute Gasteiger partial charge is 0.243 e. The normalized spacial score (nSPS) is 27.8. The molecule has 0 bridgehead atoms. The molecule has 1 aromatic rings. The van der Waals surface area contributed by atoms with Crippen molar-refractivity contribution in [3.05, 3.63) is 22.4 Å². The fraction of sp³-hybridized carbons (Fsp3) is 0.722. The van der Waals surface area contributed by atoms with Crippen molar-refractivity contribution < 1.29 is 9.53 Å². The minimum Gasteiger partial charge on any atom is -0.378 e. The summed E-state index contributed by atoms with van der Waals surface area (Å²) in [6.45, 7) is 11.1. The third-order valence-corrected chi connectivity index (χ3v) is 6.69. The predicted molar refractivity (Wildman–Crippen MR) is 111 cm³/mol. The summed E-state index contributed by atoms with van der Waals surface area (Å²) in [6.07, 6.45) is 0.707. The topological polar surface area (TPSA) is 58.8 Å². The first-order chi connectivity index (χ1) is 11.4. The van der Waals surface area contributed by atoms with Crippen LogP contribution in [-0.4, -0.2) is 60.1 Å². The molecule has 0 aromatic carbocycles. The second-order valence-corrected chi connectivity index (χ2v) is 8.52. The highest BCUT2D eigenvalue weighted by Gasteiger charge is 2.63. The van der Waals surface area contributed by atoms with Crippen molar-refractivity contribution in [1.82, 2.24) is 9.80 Å². The van der Waals surface area contributed by atoms with Gasteiger partial charge in [-0.3, -0.25) is 9.69 Å². The molecular formula is C18H31Cl2N3O2S. The molecule has 150 valence electrons. The van der Waals surface area contributed by atoms with Gasteiger partial charge in [0.15, 0.2) is 0 Å². The minimum atomic E-state index is -0.789. The Balaban J connectivity index is 0.00000169. The van der Waals surface area contributed by atoms with Gasteiger partial charge in [-0.05, 0) is 18.4 Å². The Hall–Kier alpha value is -0.370. The molecule has 2 unspecified atom stereocenters. The molecule has 0 spiro atoms. The minimum absolute atomic E-state index is 0. The number of piperazine rings is 1. The van der Waals surface area contributed by atoms with E-state index in [0.29, 0.717) is 13.0 Å². The quantitative estimate of drug-likeness (QED) is 0.790. The predicted octanol–water partition coefficient (Wildman–Crippen LogP) is 2.77. The summed E-state index contributed by atoms with van der Waals surface area (Å²) in [7, 11) is 0. The highest BCUT2D eigenvalue weighted by molar-refractivity contribution is 7.09. The molecule has 1 amide bonds. The van der Waals surface area contributed by atoms with E-state index in [-0.39, 0.29) is 42.2 Å². The lowest BCUT2D eigenvalue weighted by molar-refractivity contribution is -0.180. The van der Waals surface area contributed by atoms with Crippen LogP contribution in [0.2, 0.25) is 0 Å². The Labute approximate surface area is 173 Å². The van der Waals surface area contributed by atoms with Crippen molar-refractivity contribution in [3.63, 3.8) is 0 Å². The molecule has 2 heterocycles. The Morgan fingerprint density at radius 2 is 1.96 bits per heavy atom. The molecule has 8 heteroatoms. The first-order valence-corrected chi connectivity index (χ1v) is 9.71. The van der Waals surface area contributed by atoms with Crippen LogP contribution in [0.15, 0.2) is 17.5 Å². The van der Waals surface area contributed by atoms with Crippen LogP contribution in [0.1, 0.15) is 32.1 Å². The SMILES string of the molecule is CCOC1CC(N)(C(=O)N2CCN(Cc3cccs3)CC2)C1(C)C.Cl.Cl. The number of nitrogens with zero attached hydrogens (tertiary/aromatic N) is 2. The van der Waals surface area contributed by atoms with E-state index in [0.717, 1.165) is 32.7 Å². The number of nitrogens with two attached hydrogens (primary N) is 1. The van der Waals surface area contributed by atoms with E-state index in [9.17, 15) is 4.79 Å². The lowest BCUT2D eigenvalue weighted by Crippen LogP contribution is -2.76. The second-order valence-electron chi connectivity index (χ2n) is 7.49. The summed E-state index contributed by atoms with van der Waals surface area (Å²) < 4.78 is 5.74. The van der Waals surface area contributed by atoms with E-state index >= 15 is 0 Å². The summed E-state index contributed by atoms with van der Waals surface area (Å²) in [5.74, 6) is 0.0965. The fourth-order valence-corrected chi connectivity index (χ4v) is 4.56. The molecule has 2 N–H and O–H groups in total. The molecule has 1 aliphatic carbocycles. The van der Waals surface area contributed by atoms with Gasteiger partial charge < -0.3 is 15.4 Å². The van der Waals surface area contributed by atoms with Crippen LogP contribution < -0.4 is 5.73 Å². The van der Waals surface area contributed by atoms with Crippen molar-refractivity contribution in [1.29, 1.82) is 0 Å². The van der Waals surface area contributed by atoms with Crippen LogP contribution >= 0.6 is 36.2 Å². The Morgan fingerprint density at radius 3 is 2.46 bits per heavy atom. The van der Waals surface area contributed by atoms with Gasteiger partial charge in [0.2, 0.25) is 5.91 Å². The molecule has 1 aliphatic heterocycles. The zero-order valence-electron chi connectivity index (χ0n) is 15.8. The maximum atomic E-state index is 13.0. The van der Waals surface area contributed by atoms with Crippen LogP contribution in [0.3, 0.4) is 0 Å². The molecule has 26 heavy (non-hydrogen) atoms. The average molecular weight is 424 g/mol. The maximum Gasteiger partial charge on any atom is 0.243 e. The van der Waals surface area contributed by atoms with E-state index in [2.05, 4.69) is 36.3 Å². The van der Waals surface area contributed by atoms with Gasteiger partial charge in [0, 0.05) is 56.0 Å². The van der Waals surface area contributed by atoms with E-state index in [1.54, 1.807) is 11.3 Å². The van der Waals surface area contributed by atoms with Gasteiger partial charge in [0.1, 0.15) is 5.54 Å². The molecule has 1 saturated heterocycles. The van der Waals surface area contributed by atoms with E-state index in [1.807, 2.05) is 11.8 Å². The lowest BCUT2D eigenvalue weighted by atomic mass is 9.54. The summed E-state index contributed by atoms with van der Waals surface area (Å²) in [5, 5.41) is 2.11. The number of carbonyl (C=O) groups is 1. The zero-order valence-corrected chi connectivity index (χ0v) is 18.2. The lowest BCUT2D eigenvalue weighted by Gasteiger charge is -2.59. The number of carbonyl (C=O) groups excluding carboxylic acids is 1. The van der Waals surface area contributed by atoms with Gasteiger partial charge in [0.05, 0.1) is 6.10 Å². The summed E-state index contributed by atoms with van der Waals surface area (Å²) in [4.78, 5) is 18.8. The van der Waals surface area contributed by atoms with E-state index in [4.69, 9.17) is 10.5 Å². The number of rotatable bonds is 5. The summed E-state index contributed by atoms with van der Waals surface area (Å²) in [6, 6.07) is 4.26. The maximum absolute atomic E-state index is 13.0. The fourth-order valence-electron chi connectivity index (χ4n) is 3.81. The molecule has 2 atom stereocenters. The van der Waals surface area contributed by atoms with Crippen LogP contribution in [-0.2, 0) is 16.1 Å². The highest BCUT2D eigenvalue weighted by atomic mass is 35.5. The number of ether oxygens (including phenoxy) is 1. The standard InChI is InChI=1S/C18H29N3O2S.2ClH/c1-4-23-15-12-18(19,17(15,2)3)16(22)21-9-7-20(8-10-21)13-14-6-5-11-24-14;;/h5-6,11,15H,4,7-10,12-13,19H2,1-3H3;2*1H. The first kappa shape index (κ1) is 23.7. The van der Waals surface area contributed by atoms with Crippen molar-refractivity contribution >= 4 is 42.1 Å². The Bertz CT molecular complexity index is 577. The van der Waals surface area contributed by atoms with Crippen molar-refractivity contribution in [2.45, 2.75) is 45.4 Å². The molecule has 1 aromatic heterocycles. The number of hydrogen-bond donors (Lipinski definition) is 1. The third kappa shape index (κ3) is 4.21. The molecule has 1 saturated carbocycles. The van der Waals surface area contributed by atoms with Crippen LogP contribution in [0.5, 0.6) is 0 Å². The van der Waals surface area contributed by atoms with Gasteiger partial charge in [-0.1, -0.05) is 19.9 Å².